The fraction of sp³-hybridized carbons (Fsp3) is 0.700. The van der Waals surface area contributed by atoms with Crippen LogP contribution < -0.4 is 0 Å². The highest BCUT2D eigenvalue weighted by molar-refractivity contribution is 6.55. The van der Waals surface area contributed by atoms with Crippen LogP contribution in [0.4, 0.5) is 0 Å². The van der Waals surface area contributed by atoms with Crippen molar-refractivity contribution in [3.05, 3.63) is 10.6 Å². The summed E-state index contributed by atoms with van der Waals surface area (Å²) >= 11 is 11.0. The predicted molar refractivity (Wildman–Crippen MR) is 59.4 cm³/mol. The van der Waals surface area contributed by atoms with E-state index in [0.717, 1.165) is 0 Å². The van der Waals surface area contributed by atoms with E-state index in [-0.39, 0.29) is 15.9 Å². The standard InChI is InChI=1S/C10H16Cl2O2/c1-4-14-9(13)7-10(2,3)6-5-8(11)12/h5H,4,6-7H2,1-3H3. The predicted octanol–water partition coefficient (Wildman–Crippen LogP) is 3.67. The van der Waals surface area contributed by atoms with E-state index < -0.39 is 0 Å². The van der Waals surface area contributed by atoms with E-state index in [1.807, 2.05) is 13.8 Å². The fourth-order valence-corrected chi connectivity index (χ4v) is 1.18. The van der Waals surface area contributed by atoms with Gasteiger partial charge >= 0.3 is 5.97 Å². The van der Waals surface area contributed by atoms with Crippen LogP contribution in [0.25, 0.3) is 0 Å². The normalized spacial score (nSPS) is 10.9. The number of carbonyl (C=O) groups is 1. The second-order valence-electron chi connectivity index (χ2n) is 3.84. The first-order chi connectivity index (χ1) is 6.37. The van der Waals surface area contributed by atoms with Crippen LogP contribution in [-0.2, 0) is 9.53 Å². The van der Waals surface area contributed by atoms with Crippen LogP contribution in [-0.4, -0.2) is 12.6 Å². The summed E-state index contributed by atoms with van der Waals surface area (Å²) in [6, 6.07) is 0. The number of esters is 1. The first kappa shape index (κ1) is 13.8. The lowest BCUT2D eigenvalue weighted by molar-refractivity contribution is -0.145. The minimum atomic E-state index is -0.184. The van der Waals surface area contributed by atoms with E-state index in [4.69, 9.17) is 27.9 Å². The van der Waals surface area contributed by atoms with Gasteiger partial charge in [0, 0.05) is 0 Å². The maximum Gasteiger partial charge on any atom is 0.306 e. The van der Waals surface area contributed by atoms with Crippen molar-refractivity contribution in [2.45, 2.75) is 33.6 Å². The minimum Gasteiger partial charge on any atom is -0.466 e. The summed E-state index contributed by atoms with van der Waals surface area (Å²) in [6.45, 7) is 6.15. The van der Waals surface area contributed by atoms with Gasteiger partial charge in [-0.05, 0) is 18.8 Å². The van der Waals surface area contributed by atoms with Crippen molar-refractivity contribution in [2.24, 2.45) is 5.41 Å². The van der Waals surface area contributed by atoms with Crippen LogP contribution in [0.15, 0.2) is 10.6 Å². The highest BCUT2D eigenvalue weighted by atomic mass is 35.5. The number of ether oxygens (including phenoxy) is 1. The Labute approximate surface area is 95.2 Å². The van der Waals surface area contributed by atoms with Crippen LogP contribution in [0.2, 0.25) is 0 Å². The Morgan fingerprint density at radius 2 is 2.00 bits per heavy atom. The van der Waals surface area contributed by atoms with E-state index in [1.165, 1.54) is 0 Å². The third-order valence-corrected chi connectivity index (χ3v) is 2.05. The fourth-order valence-electron chi connectivity index (χ4n) is 1.03. The number of hydrogen-bond acceptors (Lipinski definition) is 2. The smallest absolute Gasteiger partial charge is 0.306 e. The Hall–Kier alpha value is -0.210. The molecule has 0 saturated carbocycles. The van der Waals surface area contributed by atoms with Crippen LogP contribution in [0.1, 0.15) is 33.6 Å². The topological polar surface area (TPSA) is 26.3 Å². The molecule has 0 aromatic rings. The van der Waals surface area contributed by atoms with Gasteiger partial charge in [-0.2, -0.15) is 0 Å². The summed E-state index contributed by atoms with van der Waals surface area (Å²) in [4.78, 5) is 11.2. The highest BCUT2D eigenvalue weighted by Crippen LogP contribution is 2.27. The van der Waals surface area contributed by atoms with E-state index >= 15 is 0 Å². The summed E-state index contributed by atoms with van der Waals surface area (Å²) in [5, 5.41) is 0. The first-order valence-corrected chi connectivity index (χ1v) is 5.30. The number of hydrogen-bond donors (Lipinski definition) is 0. The van der Waals surface area contributed by atoms with Gasteiger partial charge in [-0.15, -0.1) is 0 Å². The molecule has 0 aliphatic heterocycles. The Bertz CT molecular complexity index is 218. The lowest BCUT2D eigenvalue weighted by Crippen LogP contribution is -2.18. The van der Waals surface area contributed by atoms with Crippen molar-refractivity contribution >= 4 is 29.2 Å². The summed E-state index contributed by atoms with van der Waals surface area (Å²) in [7, 11) is 0. The SMILES string of the molecule is CCOC(=O)CC(C)(C)CC=C(Cl)Cl. The summed E-state index contributed by atoms with van der Waals surface area (Å²) in [6.07, 6.45) is 2.73. The molecule has 0 spiro atoms. The zero-order chi connectivity index (χ0) is 11.2. The van der Waals surface area contributed by atoms with Gasteiger partial charge in [-0.1, -0.05) is 43.1 Å². The average molecular weight is 239 g/mol. The molecule has 2 nitrogen and oxygen atoms in total. The third-order valence-electron chi connectivity index (χ3n) is 1.74. The Morgan fingerprint density at radius 1 is 1.43 bits per heavy atom. The average Bonchev–Trinajstić information content (AvgIpc) is 2.00. The Morgan fingerprint density at radius 3 is 2.43 bits per heavy atom. The van der Waals surface area contributed by atoms with Gasteiger partial charge in [0.15, 0.2) is 0 Å². The molecule has 0 radical (unpaired) electrons. The maximum atomic E-state index is 11.2. The molecule has 0 unspecified atom stereocenters. The van der Waals surface area contributed by atoms with E-state index in [0.29, 0.717) is 19.4 Å². The Kier molecular flexibility index (Phi) is 6.21. The molecule has 0 bridgehead atoms. The lowest BCUT2D eigenvalue weighted by atomic mass is 9.86. The quantitative estimate of drug-likeness (QED) is 0.684. The van der Waals surface area contributed by atoms with Gasteiger partial charge in [-0.3, -0.25) is 4.79 Å². The molecule has 0 saturated heterocycles. The van der Waals surface area contributed by atoms with Crippen LogP contribution in [0.3, 0.4) is 0 Å². The summed E-state index contributed by atoms with van der Waals surface area (Å²) in [5.41, 5.74) is -0.165. The molecule has 14 heavy (non-hydrogen) atoms. The number of rotatable bonds is 5. The monoisotopic (exact) mass is 238 g/mol. The van der Waals surface area contributed by atoms with Crippen LogP contribution in [0.5, 0.6) is 0 Å². The molecule has 0 fully saturated rings. The van der Waals surface area contributed by atoms with Gasteiger partial charge in [-0.25, -0.2) is 0 Å². The number of allylic oxidation sites excluding steroid dienone is 1. The van der Waals surface area contributed by atoms with Gasteiger partial charge in [0.05, 0.1) is 13.0 Å². The van der Waals surface area contributed by atoms with Crippen molar-refractivity contribution in [2.75, 3.05) is 6.61 Å². The minimum absolute atomic E-state index is 0.165. The zero-order valence-corrected chi connectivity index (χ0v) is 10.3. The van der Waals surface area contributed by atoms with Gasteiger partial charge in [0.25, 0.3) is 0 Å². The second-order valence-corrected chi connectivity index (χ2v) is 4.85. The molecule has 0 heterocycles. The van der Waals surface area contributed by atoms with Crippen LogP contribution in [0, 0.1) is 5.41 Å². The highest BCUT2D eigenvalue weighted by Gasteiger charge is 2.21. The summed E-state index contributed by atoms with van der Waals surface area (Å²) < 4.78 is 5.10. The van der Waals surface area contributed by atoms with E-state index in [2.05, 4.69) is 0 Å². The molecule has 82 valence electrons. The molecule has 0 atom stereocenters. The molecule has 0 N–H and O–H groups in total. The van der Waals surface area contributed by atoms with Gasteiger partial charge < -0.3 is 4.74 Å². The second kappa shape index (κ2) is 6.31. The van der Waals surface area contributed by atoms with E-state index in [9.17, 15) is 4.79 Å². The van der Waals surface area contributed by atoms with Gasteiger partial charge in [0.2, 0.25) is 0 Å². The maximum absolute atomic E-state index is 11.2. The summed E-state index contributed by atoms with van der Waals surface area (Å²) in [5.74, 6) is -0.184. The lowest BCUT2D eigenvalue weighted by Gasteiger charge is -2.21. The van der Waals surface area contributed by atoms with Gasteiger partial charge in [0.1, 0.15) is 4.49 Å². The molecule has 0 aromatic carbocycles. The van der Waals surface area contributed by atoms with Crippen LogP contribution >= 0.6 is 23.2 Å². The largest absolute Gasteiger partial charge is 0.466 e. The molecule has 0 aromatic heterocycles. The molecule has 0 rings (SSSR count). The van der Waals surface area contributed by atoms with Crippen molar-refractivity contribution in [3.63, 3.8) is 0 Å². The number of halogens is 2. The molecule has 0 amide bonds. The molecule has 4 heteroatoms. The van der Waals surface area contributed by atoms with Crippen molar-refractivity contribution in [1.29, 1.82) is 0 Å². The molecular weight excluding hydrogens is 223 g/mol. The first-order valence-electron chi connectivity index (χ1n) is 4.54. The molecule has 0 aliphatic carbocycles. The Balaban J connectivity index is 4.06. The van der Waals surface area contributed by atoms with Crippen molar-refractivity contribution < 1.29 is 9.53 Å². The van der Waals surface area contributed by atoms with Crippen molar-refractivity contribution in [1.82, 2.24) is 0 Å². The van der Waals surface area contributed by atoms with E-state index in [1.54, 1.807) is 13.0 Å². The molecular formula is C10H16Cl2O2. The third kappa shape index (κ3) is 7.22. The zero-order valence-electron chi connectivity index (χ0n) is 8.77. The molecule has 0 aliphatic rings. The number of carbonyl (C=O) groups excluding carboxylic acids is 1. The van der Waals surface area contributed by atoms with Crippen molar-refractivity contribution in [3.8, 4) is 0 Å².